The number of aromatic nitrogens is 1. The number of Topliss-reactive ketones (excluding diaryl/α,β-unsaturated/α-hetero) is 1. The van der Waals surface area contributed by atoms with E-state index in [-0.39, 0.29) is 11.4 Å². The van der Waals surface area contributed by atoms with Crippen molar-refractivity contribution in [1.29, 1.82) is 0 Å². The SMILES string of the molecule is COC1(C)CCN(c2c(Br)c(C)nc(C)c2C(C)=O)CC1. The number of nitrogens with zero attached hydrogens (tertiary/aromatic N) is 2. The van der Waals surface area contributed by atoms with Crippen LogP contribution in [0.15, 0.2) is 4.47 Å². The molecule has 0 atom stereocenters. The van der Waals surface area contributed by atoms with Crippen molar-refractivity contribution in [3.05, 3.63) is 21.4 Å². The molecule has 21 heavy (non-hydrogen) atoms. The van der Waals surface area contributed by atoms with Crippen molar-refractivity contribution in [3.63, 3.8) is 0 Å². The number of pyridine rings is 1. The minimum Gasteiger partial charge on any atom is -0.378 e. The van der Waals surface area contributed by atoms with Gasteiger partial charge in [-0.1, -0.05) is 0 Å². The maximum atomic E-state index is 12.1. The lowest BCUT2D eigenvalue weighted by molar-refractivity contribution is -0.0132. The van der Waals surface area contributed by atoms with Gasteiger partial charge in [0, 0.05) is 20.2 Å². The molecule has 1 aromatic heterocycles. The highest BCUT2D eigenvalue weighted by molar-refractivity contribution is 9.10. The number of aryl methyl sites for hydroxylation is 2. The van der Waals surface area contributed by atoms with Crippen LogP contribution in [-0.2, 0) is 4.74 Å². The first-order valence-electron chi connectivity index (χ1n) is 7.27. The number of piperidine rings is 1. The molecule has 0 saturated carbocycles. The van der Waals surface area contributed by atoms with Crippen molar-refractivity contribution < 1.29 is 9.53 Å². The van der Waals surface area contributed by atoms with E-state index in [1.54, 1.807) is 14.0 Å². The molecule has 0 spiro atoms. The van der Waals surface area contributed by atoms with E-state index in [2.05, 4.69) is 32.7 Å². The fourth-order valence-corrected chi connectivity index (χ4v) is 3.47. The molecule has 116 valence electrons. The normalized spacial score (nSPS) is 17.9. The Morgan fingerprint density at radius 1 is 1.29 bits per heavy atom. The highest BCUT2D eigenvalue weighted by atomic mass is 79.9. The average Bonchev–Trinajstić information content (AvgIpc) is 2.43. The summed E-state index contributed by atoms with van der Waals surface area (Å²) >= 11 is 3.63. The summed E-state index contributed by atoms with van der Waals surface area (Å²) in [6.07, 6.45) is 1.90. The number of ether oxygens (including phenoxy) is 1. The van der Waals surface area contributed by atoms with Gasteiger partial charge < -0.3 is 9.64 Å². The molecule has 5 heteroatoms. The summed E-state index contributed by atoms with van der Waals surface area (Å²) < 4.78 is 6.53. The van der Waals surface area contributed by atoms with E-state index >= 15 is 0 Å². The Hall–Kier alpha value is -0.940. The quantitative estimate of drug-likeness (QED) is 0.776. The highest BCUT2D eigenvalue weighted by Gasteiger charge is 2.32. The van der Waals surface area contributed by atoms with E-state index in [1.165, 1.54) is 0 Å². The number of carbonyl (C=O) groups is 1. The van der Waals surface area contributed by atoms with Crippen LogP contribution in [-0.4, -0.2) is 36.6 Å². The first kappa shape index (κ1) is 16.4. The van der Waals surface area contributed by atoms with Crippen LogP contribution in [0.1, 0.15) is 48.4 Å². The van der Waals surface area contributed by atoms with Gasteiger partial charge in [0.05, 0.1) is 32.7 Å². The molecule has 1 aliphatic rings. The fourth-order valence-electron chi connectivity index (χ4n) is 2.93. The minimum absolute atomic E-state index is 0.0590. The standard InChI is InChI=1S/C16H23BrN2O2/c1-10-13(12(3)20)15(14(17)11(2)18-10)19-8-6-16(4,21-5)7-9-19/h6-9H2,1-5H3. The molecular weight excluding hydrogens is 332 g/mol. The molecular formula is C16H23BrN2O2. The van der Waals surface area contributed by atoms with Crippen LogP contribution >= 0.6 is 15.9 Å². The predicted molar refractivity (Wildman–Crippen MR) is 88.3 cm³/mol. The first-order valence-corrected chi connectivity index (χ1v) is 8.06. The molecule has 1 saturated heterocycles. The molecule has 0 amide bonds. The zero-order valence-corrected chi connectivity index (χ0v) is 15.0. The molecule has 0 aromatic carbocycles. The largest absolute Gasteiger partial charge is 0.378 e. The Labute approximate surface area is 135 Å². The maximum Gasteiger partial charge on any atom is 0.163 e. The van der Waals surface area contributed by atoms with Crippen molar-refractivity contribution in [2.45, 2.75) is 46.1 Å². The van der Waals surface area contributed by atoms with Crippen LogP contribution in [0.3, 0.4) is 0 Å². The number of hydrogen-bond acceptors (Lipinski definition) is 4. The van der Waals surface area contributed by atoms with Crippen molar-refractivity contribution in [1.82, 2.24) is 4.98 Å². The van der Waals surface area contributed by atoms with Crippen LogP contribution in [0.4, 0.5) is 5.69 Å². The third-order valence-electron chi connectivity index (χ3n) is 4.44. The Balaban J connectivity index is 2.42. The fraction of sp³-hybridized carbons (Fsp3) is 0.625. The van der Waals surface area contributed by atoms with Gasteiger partial charge in [-0.3, -0.25) is 9.78 Å². The highest BCUT2D eigenvalue weighted by Crippen LogP contribution is 2.37. The Kier molecular flexibility index (Phi) is 4.73. The molecule has 2 heterocycles. The van der Waals surface area contributed by atoms with Gasteiger partial charge >= 0.3 is 0 Å². The number of anilines is 1. The topological polar surface area (TPSA) is 42.4 Å². The lowest BCUT2D eigenvalue weighted by Crippen LogP contribution is -2.44. The number of methoxy groups -OCH3 is 1. The van der Waals surface area contributed by atoms with E-state index in [4.69, 9.17) is 4.74 Å². The summed E-state index contributed by atoms with van der Waals surface area (Å²) in [5, 5.41) is 0. The van der Waals surface area contributed by atoms with Gasteiger partial charge in [-0.05, 0) is 56.5 Å². The van der Waals surface area contributed by atoms with E-state index in [0.29, 0.717) is 0 Å². The third kappa shape index (κ3) is 3.14. The number of ketones is 1. The second-order valence-corrected chi connectivity index (χ2v) is 6.81. The van der Waals surface area contributed by atoms with E-state index < -0.39 is 0 Å². The Morgan fingerprint density at radius 3 is 2.33 bits per heavy atom. The minimum atomic E-state index is -0.0590. The van der Waals surface area contributed by atoms with Gasteiger partial charge in [-0.25, -0.2) is 0 Å². The van der Waals surface area contributed by atoms with Gasteiger partial charge in [0.15, 0.2) is 5.78 Å². The van der Waals surface area contributed by atoms with Crippen LogP contribution in [0, 0.1) is 13.8 Å². The molecule has 0 N–H and O–H groups in total. The van der Waals surface area contributed by atoms with Gasteiger partial charge in [0.2, 0.25) is 0 Å². The molecule has 0 unspecified atom stereocenters. The van der Waals surface area contributed by atoms with Gasteiger partial charge in [-0.15, -0.1) is 0 Å². The zero-order valence-electron chi connectivity index (χ0n) is 13.4. The molecule has 0 bridgehead atoms. The third-order valence-corrected chi connectivity index (χ3v) is 5.39. The van der Waals surface area contributed by atoms with Crippen molar-refractivity contribution in [3.8, 4) is 0 Å². The van der Waals surface area contributed by atoms with Crippen LogP contribution < -0.4 is 4.90 Å². The monoisotopic (exact) mass is 354 g/mol. The Bertz CT molecular complexity index is 564. The lowest BCUT2D eigenvalue weighted by Gasteiger charge is -2.40. The zero-order chi connectivity index (χ0) is 15.8. The molecule has 1 aromatic rings. The molecule has 1 aliphatic heterocycles. The summed E-state index contributed by atoms with van der Waals surface area (Å²) in [6.45, 7) is 9.39. The van der Waals surface area contributed by atoms with Crippen molar-refractivity contribution in [2.24, 2.45) is 0 Å². The summed E-state index contributed by atoms with van der Waals surface area (Å²) in [6, 6.07) is 0. The van der Waals surface area contributed by atoms with Crippen molar-refractivity contribution >= 4 is 27.4 Å². The summed E-state index contributed by atoms with van der Waals surface area (Å²) in [7, 11) is 1.77. The summed E-state index contributed by atoms with van der Waals surface area (Å²) in [5.74, 6) is 0.0655. The van der Waals surface area contributed by atoms with E-state index in [0.717, 1.165) is 53.0 Å². The van der Waals surface area contributed by atoms with E-state index in [9.17, 15) is 4.79 Å². The van der Waals surface area contributed by atoms with Gasteiger partial charge in [-0.2, -0.15) is 0 Å². The van der Waals surface area contributed by atoms with Crippen LogP contribution in [0.5, 0.6) is 0 Å². The van der Waals surface area contributed by atoms with Crippen LogP contribution in [0.2, 0.25) is 0 Å². The number of carbonyl (C=O) groups excluding carboxylic acids is 1. The second kappa shape index (κ2) is 6.05. The molecule has 4 nitrogen and oxygen atoms in total. The van der Waals surface area contributed by atoms with Crippen molar-refractivity contribution in [2.75, 3.05) is 25.1 Å². The smallest absolute Gasteiger partial charge is 0.163 e. The lowest BCUT2D eigenvalue weighted by atomic mass is 9.92. The molecule has 0 aliphatic carbocycles. The summed E-state index contributed by atoms with van der Waals surface area (Å²) in [4.78, 5) is 18.8. The predicted octanol–water partition coefficient (Wildman–Crippen LogP) is 3.67. The van der Waals surface area contributed by atoms with Gasteiger partial charge in [0.1, 0.15) is 0 Å². The second-order valence-electron chi connectivity index (χ2n) is 6.02. The molecule has 0 radical (unpaired) electrons. The number of halogens is 1. The Morgan fingerprint density at radius 2 is 1.86 bits per heavy atom. The summed E-state index contributed by atoms with van der Waals surface area (Å²) in [5.41, 5.74) is 3.39. The maximum absolute atomic E-state index is 12.1. The average molecular weight is 355 g/mol. The first-order chi connectivity index (χ1) is 9.79. The molecule has 1 fully saturated rings. The van der Waals surface area contributed by atoms with E-state index in [1.807, 2.05) is 13.8 Å². The molecule has 2 rings (SSSR count). The number of hydrogen-bond donors (Lipinski definition) is 0. The van der Waals surface area contributed by atoms with Gasteiger partial charge in [0.25, 0.3) is 0 Å². The number of rotatable bonds is 3. The van der Waals surface area contributed by atoms with Crippen LogP contribution in [0.25, 0.3) is 0 Å².